The molecule has 0 atom stereocenters. The Labute approximate surface area is 135 Å². The fraction of sp³-hybridized carbons (Fsp3) is 0.278. The van der Waals surface area contributed by atoms with E-state index in [9.17, 15) is 9.59 Å². The summed E-state index contributed by atoms with van der Waals surface area (Å²) >= 11 is 0. The van der Waals surface area contributed by atoms with Crippen LogP contribution in [0.1, 0.15) is 40.1 Å². The van der Waals surface area contributed by atoms with E-state index in [0.29, 0.717) is 17.7 Å². The predicted molar refractivity (Wildman–Crippen MR) is 84.1 cm³/mol. The Hall–Kier alpha value is -2.69. The summed E-state index contributed by atoms with van der Waals surface area (Å²) in [5.41, 5.74) is 1.72. The average Bonchev–Trinajstić information content (AvgIpc) is 2.56. The molecular weight excluding hydrogens is 294 g/mol. The van der Waals surface area contributed by atoms with Gasteiger partial charge in [0.25, 0.3) is 0 Å². The van der Waals surface area contributed by atoms with E-state index in [1.165, 1.54) is 6.07 Å². The van der Waals surface area contributed by atoms with Gasteiger partial charge in [0.2, 0.25) is 0 Å². The standard InChI is InChI=1S/C18H20NO4/c1-3-22-17(20)15-10-16(18(21)23-4-2)13-19(12-15)11-14-8-6-5-7-9-14/h5-10,12-13H,3-4,11H2,1-2H3/q+1. The zero-order chi connectivity index (χ0) is 16.7. The number of hydrogen-bond donors (Lipinski definition) is 0. The lowest BCUT2D eigenvalue weighted by Gasteiger charge is -2.05. The topological polar surface area (TPSA) is 56.5 Å². The van der Waals surface area contributed by atoms with Crippen molar-refractivity contribution in [2.24, 2.45) is 0 Å². The first kappa shape index (κ1) is 16.7. The van der Waals surface area contributed by atoms with Gasteiger partial charge in [-0.15, -0.1) is 0 Å². The molecule has 2 aromatic rings. The Morgan fingerprint density at radius 3 is 1.91 bits per heavy atom. The predicted octanol–water partition coefficient (Wildman–Crippen LogP) is 2.38. The van der Waals surface area contributed by atoms with Gasteiger partial charge in [-0.1, -0.05) is 30.3 Å². The van der Waals surface area contributed by atoms with E-state index in [1.54, 1.807) is 30.8 Å². The molecule has 0 aliphatic carbocycles. The highest BCUT2D eigenvalue weighted by Gasteiger charge is 2.19. The number of ether oxygens (including phenoxy) is 2. The van der Waals surface area contributed by atoms with Gasteiger partial charge in [0.1, 0.15) is 11.1 Å². The average molecular weight is 314 g/mol. The minimum absolute atomic E-state index is 0.279. The first-order chi connectivity index (χ1) is 11.1. The van der Waals surface area contributed by atoms with Crippen molar-refractivity contribution in [3.05, 3.63) is 65.5 Å². The summed E-state index contributed by atoms with van der Waals surface area (Å²) in [6, 6.07) is 11.3. The van der Waals surface area contributed by atoms with Crippen molar-refractivity contribution in [3.63, 3.8) is 0 Å². The lowest BCUT2D eigenvalue weighted by atomic mass is 10.1. The maximum Gasteiger partial charge on any atom is 0.344 e. The van der Waals surface area contributed by atoms with Crippen LogP contribution in [-0.4, -0.2) is 25.2 Å². The van der Waals surface area contributed by atoms with Crippen LogP contribution in [0.3, 0.4) is 0 Å². The second kappa shape index (κ2) is 8.08. The molecule has 120 valence electrons. The van der Waals surface area contributed by atoms with Gasteiger partial charge in [-0.05, 0) is 19.9 Å². The highest BCUT2D eigenvalue weighted by atomic mass is 16.5. The molecule has 0 N–H and O–H groups in total. The van der Waals surface area contributed by atoms with Crippen LogP contribution in [0.5, 0.6) is 0 Å². The van der Waals surface area contributed by atoms with E-state index >= 15 is 0 Å². The van der Waals surface area contributed by atoms with Crippen LogP contribution in [0.4, 0.5) is 0 Å². The maximum absolute atomic E-state index is 12.0. The normalized spacial score (nSPS) is 10.2. The van der Waals surface area contributed by atoms with E-state index in [2.05, 4.69) is 0 Å². The summed E-state index contributed by atoms with van der Waals surface area (Å²) in [4.78, 5) is 24.0. The molecule has 1 aromatic carbocycles. The van der Waals surface area contributed by atoms with Crippen molar-refractivity contribution in [1.29, 1.82) is 0 Å². The first-order valence-electron chi connectivity index (χ1n) is 7.56. The molecule has 0 spiro atoms. The van der Waals surface area contributed by atoms with Gasteiger partial charge in [-0.25, -0.2) is 9.59 Å². The van der Waals surface area contributed by atoms with Gasteiger partial charge < -0.3 is 9.47 Å². The molecule has 0 aliphatic heterocycles. The summed E-state index contributed by atoms with van der Waals surface area (Å²) in [6.07, 6.45) is 3.35. The van der Waals surface area contributed by atoms with Gasteiger partial charge in [0.15, 0.2) is 18.9 Å². The number of esters is 2. The minimum atomic E-state index is -0.458. The van der Waals surface area contributed by atoms with Crippen molar-refractivity contribution in [1.82, 2.24) is 0 Å². The highest BCUT2D eigenvalue weighted by molar-refractivity contribution is 5.94. The Kier molecular flexibility index (Phi) is 5.86. The smallest absolute Gasteiger partial charge is 0.344 e. The van der Waals surface area contributed by atoms with Crippen molar-refractivity contribution in [2.75, 3.05) is 13.2 Å². The summed E-state index contributed by atoms with van der Waals surface area (Å²) in [5.74, 6) is -0.916. The van der Waals surface area contributed by atoms with E-state index in [0.717, 1.165) is 5.56 Å². The summed E-state index contributed by atoms with van der Waals surface area (Å²) in [5, 5.41) is 0. The van der Waals surface area contributed by atoms with E-state index in [4.69, 9.17) is 9.47 Å². The molecule has 5 nitrogen and oxygen atoms in total. The molecule has 0 amide bonds. The van der Waals surface area contributed by atoms with Crippen LogP contribution >= 0.6 is 0 Å². The molecule has 23 heavy (non-hydrogen) atoms. The molecule has 0 saturated heterocycles. The molecular formula is C18H20NO4+. The maximum atomic E-state index is 12.0. The molecule has 2 rings (SSSR count). The largest absolute Gasteiger partial charge is 0.462 e. The monoisotopic (exact) mass is 314 g/mol. The summed E-state index contributed by atoms with van der Waals surface area (Å²) < 4.78 is 11.8. The van der Waals surface area contributed by atoms with E-state index in [1.807, 2.05) is 30.3 Å². The van der Waals surface area contributed by atoms with Crippen molar-refractivity contribution in [3.8, 4) is 0 Å². The number of nitrogens with zero attached hydrogens (tertiary/aromatic N) is 1. The Morgan fingerprint density at radius 1 is 0.913 bits per heavy atom. The third kappa shape index (κ3) is 4.64. The van der Waals surface area contributed by atoms with Crippen molar-refractivity contribution < 1.29 is 23.6 Å². The molecule has 1 heterocycles. The SMILES string of the molecule is CCOC(=O)c1cc(C(=O)OCC)c[n+](Cc2ccccc2)c1. The van der Waals surface area contributed by atoms with Crippen LogP contribution in [-0.2, 0) is 16.0 Å². The van der Waals surface area contributed by atoms with Crippen LogP contribution < -0.4 is 4.57 Å². The second-order valence-corrected chi connectivity index (χ2v) is 4.91. The number of carbonyl (C=O) groups is 2. The van der Waals surface area contributed by atoms with Crippen molar-refractivity contribution in [2.45, 2.75) is 20.4 Å². The van der Waals surface area contributed by atoms with Gasteiger partial charge in [0.05, 0.1) is 13.2 Å². The Bertz CT molecular complexity index is 646. The Morgan fingerprint density at radius 2 is 1.43 bits per heavy atom. The zero-order valence-electron chi connectivity index (χ0n) is 13.3. The highest BCUT2D eigenvalue weighted by Crippen LogP contribution is 2.07. The third-order valence-corrected chi connectivity index (χ3v) is 3.15. The zero-order valence-corrected chi connectivity index (χ0v) is 13.3. The lowest BCUT2D eigenvalue weighted by molar-refractivity contribution is -0.688. The van der Waals surface area contributed by atoms with Crippen LogP contribution in [0.15, 0.2) is 48.8 Å². The summed E-state index contributed by atoms with van der Waals surface area (Å²) in [7, 11) is 0. The van der Waals surface area contributed by atoms with Crippen LogP contribution in [0, 0.1) is 0 Å². The third-order valence-electron chi connectivity index (χ3n) is 3.15. The Balaban J connectivity index is 2.36. The molecule has 0 saturated carbocycles. The quantitative estimate of drug-likeness (QED) is 0.607. The number of hydrogen-bond acceptors (Lipinski definition) is 4. The molecule has 0 bridgehead atoms. The lowest BCUT2D eigenvalue weighted by Crippen LogP contribution is -2.36. The number of aromatic nitrogens is 1. The second-order valence-electron chi connectivity index (χ2n) is 4.91. The minimum Gasteiger partial charge on any atom is -0.462 e. The first-order valence-corrected chi connectivity index (χ1v) is 7.56. The number of carbonyl (C=O) groups excluding carboxylic acids is 2. The van der Waals surface area contributed by atoms with Crippen molar-refractivity contribution >= 4 is 11.9 Å². The fourth-order valence-electron chi connectivity index (χ4n) is 2.17. The van der Waals surface area contributed by atoms with Gasteiger partial charge in [-0.3, -0.25) is 0 Å². The molecule has 0 radical (unpaired) electrons. The summed E-state index contributed by atoms with van der Waals surface area (Å²) in [6.45, 7) is 4.58. The van der Waals surface area contributed by atoms with E-state index in [-0.39, 0.29) is 13.2 Å². The van der Waals surface area contributed by atoms with Gasteiger partial charge in [-0.2, -0.15) is 4.57 Å². The van der Waals surface area contributed by atoms with Gasteiger partial charge in [0, 0.05) is 5.56 Å². The molecule has 5 heteroatoms. The fourth-order valence-corrected chi connectivity index (χ4v) is 2.17. The van der Waals surface area contributed by atoms with Crippen LogP contribution in [0.25, 0.3) is 0 Å². The molecule has 0 fully saturated rings. The van der Waals surface area contributed by atoms with E-state index < -0.39 is 11.9 Å². The number of rotatable bonds is 6. The molecule has 0 aliphatic rings. The molecule has 0 unspecified atom stereocenters. The van der Waals surface area contributed by atoms with Crippen LogP contribution in [0.2, 0.25) is 0 Å². The van der Waals surface area contributed by atoms with Gasteiger partial charge >= 0.3 is 11.9 Å². The molecule has 1 aromatic heterocycles. The number of pyridine rings is 1. The number of benzene rings is 1.